The van der Waals surface area contributed by atoms with E-state index < -0.39 is 0 Å². The fraction of sp³-hybridized carbons (Fsp3) is 0.375. The molecule has 1 aromatic heterocycles. The largest absolute Gasteiger partial charge is 0.513 e. The molecule has 2 heterocycles. The van der Waals surface area contributed by atoms with Crippen molar-refractivity contribution in [2.75, 3.05) is 10.6 Å². The lowest BCUT2D eigenvalue weighted by atomic mass is 9.70. The maximum absolute atomic E-state index is 13.3. The molecule has 0 radical (unpaired) electrons. The number of aliphatic hydroxyl groups is 1. The number of carbonyl (C=O) groups is 1. The minimum Gasteiger partial charge on any atom is -0.513 e. The number of amides is 2. The summed E-state index contributed by atoms with van der Waals surface area (Å²) in [5.41, 5.74) is 5.94. The first kappa shape index (κ1) is 25.8. The first-order chi connectivity index (χ1) is 18.3. The van der Waals surface area contributed by atoms with Crippen LogP contribution >= 0.6 is 0 Å². The zero-order valence-electron chi connectivity index (χ0n) is 22.8. The molecule has 6 bridgehead atoms. The third-order valence-electron chi connectivity index (χ3n) is 8.28. The number of rotatable bonds is 5. The Hall–Kier alpha value is -3.80. The van der Waals surface area contributed by atoms with Crippen molar-refractivity contribution in [3.8, 4) is 5.69 Å². The van der Waals surface area contributed by atoms with Crippen molar-refractivity contribution < 1.29 is 9.90 Å². The van der Waals surface area contributed by atoms with E-state index in [0.717, 1.165) is 53.9 Å². The highest BCUT2D eigenvalue weighted by atomic mass is 16.3. The van der Waals surface area contributed by atoms with Gasteiger partial charge in [0.15, 0.2) is 0 Å². The van der Waals surface area contributed by atoms with Crippen LogP contribution < -0.4 is 10.6 Å². The third-order valence-corrected chi connectivity index (χ3v) is 8.28. The molecule has 1 aliphatic heterocycles. The van der Waals surface area contributed by atoms with Gasteiger partial charge in [-0.2, -0.15) is 5.10 Å². The lowest BCUT2D eigenvalue weighted by Crippen LogP contribution is -2.29. The second-order valence-electron chi connectivity index (χ2n) is 11.2. The van der Waals surface area contributed by atoms with Crippen LogP contribution in [-0.2, 0) is 11.8 Å². The van der Waals surface area contributed by atoms with Gasteiger partial charge < -0.3 is 10.4 Å². The van der Waals surface area contributed by atoms with Crippen molar-refractivity contribution in [2.24, 2.45) is 5.92 Å². The summed E-state index contributed by atoms with van der Waals surface area (Å²) in [5.74, 6) is 1.80. The van der Waals surface area contributed by atoms with E-state index in [-0.39, 0.29) is 11.4 Å². The molecule has 0 saturated carbocycles. The maximum atomic E-state index is 13.3. The highest BCUT2D eigenvalue weighted by Crippen LogP contribution is 2.43. The number of anilines is 2. The monoisotopic (exact) mass is 510 g/mol. The molecule has 198 valence electrons. The van der Waals surface area contributed by atoms with E-state index in [1.807, 2.05) is 48.0 Å². The molecule has 0 fully saturated rings. The summed E-state index contributed by atoms with van der Waals surface area (Å²) in [6.07, 6.45) is 10.4. The molecule has 2 atom stereocenters. The number of aliphatic hydroxyl groups excluding tert-OH is 1. The van der Waals surface area contributed by atoms with Gasteiger partial charge in [0.25, 0.3) is 0 Å². The van der Waals surface area contributed by atoms with Crippen molar-refractivity contribution in [2.45, 2.75) is 71.1 Å². The summed E-state index contributed by atoms with van der Waals surface area (Å²) in [7, 11) is 0. The second kappa shape index (κ2) is 10.5. The number of aryl methyl sites for hydroxylation is 1. The quantitative estimate of drug-likeness (QED) is 0.303. The fourth-order valence-corrected chi connectivity index (χ4v) is 5.61. The van der Waals surface area contributed by atoms with Gasteiger partial charge >= 0.3 is 6.03 Å². The number of urea groups is 1. The highest BCUT2D eigenvalue weighted by molar-refractivity contribution is 6.01. The molecule has 6 heteroatoms. The van der Waals surface area contributed by atoms with Crippen molar-refractivity contribution in [3.63, 3.8) is 0 Å². The normalized spacial score (nSPS) is 20.5. The van der Waals surface area contributed by atoms with Gasteiger partial charge in [-0.1, -0.05) is 64.1 Å². The second-order valence-corrected chi connectivity index (χ2v) is 11.2. The predicted molar refractivity (Wildman–Crippen MR) is 155 cm³/mol. The summed E-state index contributed by atoms with van der Waals surface area (Å²) in [4.78, 5) is 13.3. The Labute approximate surface area is 225 Å². The van der Waals surface area contributed by atoms with E-state index in [0.29, 0.717) is 29.8 Å². The third kappa shape index (κ3) is 5.13. The van der Waals surface area contributed by atoms with Gasteiger partial charge in [0.1, 0.15) is 5.82 Å². The number of benzene rings is 2. The van der Waals surface area contributed by atoms with Crippen molar-refractivity contribution in [1.82, 2.24) is 9.78 Å². The van der Waals surface area contributed by atoms with Gasteiger partial charge in [0.2, 0.25) is 0 Å². The maximum Gasteiger partial charge on any atom is 0.324 e. The van der Waals surface area contributed by atoms with Crippen LogP contribution in [0.25, 0.3) is 11.8 Å². The Bertz CT molecular complexity index is 1400. The van der Waals surface area contributed by atoms with Gasteiger partial charge in [0, 0.05) is 29.2 Å². The molecule has 2 amide bonds. The fourth-order valence-electron chi connectivity index (χ4n) is 5.61. The molecule has 2 aromatic carbocycles. The number of carbonyl (C=O) groups excluding carboxylic acids is 1. The molecule has 38 heavy (non-hydrogen) atoms. The van der Waals surface area contributed by atoms with Crippen LogP contribution in [0.5, 0.6) is 0 Å². The minimum atomic E-state index is -0.294. The standard InChI is InChI=1S/C32H38N4O2/c1-5-9-25(37)17-16-22-10-6-12-24(19-22)36-30-20-29(35-36)32(3,4)21(2)18-23-11-7-14-27-26(23)13-8-15-28(27)33-31(38)34-30/h6-10,12-15,19-21,23,37H,5,11,16-18H2,1-4H3,(H2,33,34,38)/b25-9-. The van der Waals surface area contributed by atoms with Crippen LogP contribution in [-0.4, -0.2) is 20.9 Å². The molecule has 3 aromatic rings. The number of allylic oxidation sites excluding steroid dienone is 3. The van der Waals surface area contributed by atoms with Crippen molar-refractivity contribution >= 4 is 23.6 Å². The Kier molecular flexibility index (Phi) is 7.15. The summed E-state index contributed by atoms with van der Waals surface area (Å²) < 4.78 is 1.83. The number of nitrogens with zero attached hydrogens (tertiary/aromatic N) is 2. The first-order valence-corrected chi connectivity index (χ1v) is 13.7. The number of aromatic nitrogens is 2. The molecule has 6 nitrogen and oxygen atoms in total. The van der Waals surface area contributed by atoms with Crippen LogP contribution in [0.1, 0.15) is 81.7 Å². The number of hydrogen-bond donors (Lipinski definition) is 3. The van der Waals surface area contributed by atoms with E-state index in [9.17, 15) is 9.90 Å². The summed E-state index contributed by atoms with van der Waals surface area (Å²) in [5, 5.41) is 21.3. The van der Waals surface area contributed by atoms with E-state index in [4.69, 9.17) is 5.10 Å². The summed E-state index contributed by atoms with van der Waals surface area (Å²) >= 11 is 0. The topological polar surface area (TPSA) is 79.2 Å². The Morgan fingerprint density at radius 2 is 2.00 bits per heavy atom. The van der Waals surface area contributed by atoms with Gasteiger partial charge in [-0.15, -0.1) is 0 Å². The molecule has 0 spiro atoms. The van der Waals surface area contributed by atoms with E-state index in [1.165, 1.54) is 5.56 Å². The predicted octanol–water partition coefficient (Wildman–Crippen LogP) is 8.12. The average molecular weight is 511 g/mol. The minimum absolute atomic E-state index is 0.209. The number of hydrogen-bond acceptors (Lipinski definition) is 3. The molecule has 2 aliphatic rings. The van der Waals surface area contributed by atoms with Crippen LogP contribution in [0.15, 0.2) is 66.4 Å². The van der Waals surface area contributed by atoms with Crippen LogP contribution in [0.4, 0.5) is 16.3 Å². The molecule has 1 aliphatic carbocycles. The molecular weight excluding hydrogens is 472 g/mol. The average Bonchev–Trinajstić information content (AvgIpc) is 3.32. The van der Waals surface area contributed by atoms with E-state index in [2.05, 4.69) is 61.8 Å². The zero-order valence-corrected chi connectivity index (χ0v) is 22.8. The van der Waals surface area contributed by atoms with Gasteiger partial charge in [-0.05, 0) is 72.9 Å². The highest BCUT2D eigenvalue weighted by Gasteiger charge is 2.35. The van der Waals surface area contributed by atoms with Gasteiger partial charge in [-0.3, -0.25) is 5.32 Å². The van der Waals surface area contributed by atoms with Gasteiger partial charge in [-0.25, -0.2) is 9.48 Å². The van der Waals surface area contributed by atoms with Crippen molar-refractivity contribution in [3.05, 3.63) is 88.8 Å². The smallest absolute Gasteiger partial charge is 0.324 e. The summed E-state index contributed by atoms with van der Waals surface area (Å²) in [6, 6.07) is 16.1. The first-order valence-electron chi connectivity index (χ1n) is 13.7. The Morgan fingerprint density at radius 1 is 1.18 bits per heavy atom. The SMILES string of the molecule is CC/C=C(\O)CCc1cccc(-n2nc3cc2NC(=O)Nc2cccc4c2C=CCC4CC(C)C3(C)C)c1. The molecule has 3 N–H and O–H groups in total. The van der Waals surface area contributed by atoms with Gasteiger partial charge in [0.05, 0.1) is 17.1 Å². The number of fused-ring (bicyclic) bond motifs is 2. The Morgan fingerprint density at radius 3 is 2.82 bits per heavy atom. The molecule has 2 unspecified atom stereocenters. The van der Waals surface area contributed by atoms with Crippen molar-refractivity contribution in [1.29, 1.82) is 0 Å². The van der Waals surface area contributed by atoms with E-state index >= 15 is 0 Å². The molecule has 5 rings (SSSR count). The number of nitrogens with one attached hydrogen (secondary N) is 2. The Balaban J connectivity index is 1.54. The van der Waals surface area contributed by atoms with E-state index in [1.54, 1.807) is 0 Å². The zero-order chi connectivity index (χ0) is 26.9. The van der Waals surface area contributed by atoms with Crippen LogP contribution in [0, 0.1) is 5.92 Å². The van der Waals surface area contributed by atoms with Crippen LogP contribution in [0.3, 0.4) is 0 Å². The van der Waals surface area contributed by atoms with Crippen LogP contribution in [0.2, 0.25) is 0 Å². The summed E-state index contributed by atoms with van der Waals surface area (Å²) in [6.45, 7) is 8.84. The lowest BCUT2D eigenvalue weighted by molar-refractivity contribution is 0.262. The molecule has 0 saturated heterocycles. The lowest BCUT2D eigenvalue weighted by Gasteiger charge is -2.34. The molecular formula is C32H38N4O2.